The number of amides is 1. The zero-order valence-corrected chi connectivity index (χ0v) is 11.1. The Morgan fingerprint density at radius 3 is 2.45 bits per heavy atom. The number of nitriles is 1. The topological polar surface area (TPSA) is 99.4 Å². The lowest BCUT2D eigenvalue weighted by Gasteiger charge is -2.08. The van der Waals surface area contributed by atoms with Crippen LogP contribution in [0.15, 0.2) is 29.8 Å². The molecule has 104 valence electrons. The first kappa shape index (κ1) is 15.2. The smallest absolute Gasteiger partial charge is 0.325 e. The van der Waals surface area contributed by atoms with Crippen LogP contribution in [-0.4, -0.2) is 30.1 Å². The quantitative estimate of drug-likeness (QED) is 0.620. The van der Waals surface area contributed by atoms with Crippen LogP contribution in [-0.2, 0) is 9.59 Å². The lowest BCUT2D eigenvalue weighted by molar-refractivity contribution is -0.140. The summed E-state index contributed by atoms with van der Waals surface area (Å²) in [6.07, 6.45) is 1.38. The second kappa shape index (κ2) is 6.95. The van der Waals surface area contributed by atoms with Crippen molar-refractivity contribution in [2.24, 2.45) is 0 Å². The third-order valence-corrected chi connectivity index (χ3v) is 2.51. The van der Waals surface area contributed by atoms with Gasteiger partial charge in [-0.3, -0.25) is 9.59 Å². The summed E-state index contributed by atoms with van der Waals surface area (Å²) >= 11 is 0. The van der Waals surface area contributed by atoms with Gasteiger partial charge in [0.2, 0.25) is 0 Å². The molecule has 2 N–H and O–H groups in total. The first-order valence-corrected chi connectivity index (χ1v) is 5.77. The maximum atomic E-state index is 11.7. The van der Waals surface area contributed by atoms with E-state index in [4.69, 9.17) is 15.1 Å². The molecule has 0 heterocycles. The second-order valence-corrected chi connectivity index (χ2v) is 3.98. The zero-order valence-electron chi connectivity index (χ0n) is 11.1. The van der Waals surface area contributed by atoms with Gasteiger partial charge in [-0.1, -0.05) is 12.1 Å². The van der Waals surface area contributed by atoms with Crippen LogP contribution in [0.4, 0.5) is 0 Å². The molecule has 0 spiro atoms. The number of nitrogens with zero attached hydrogens (tertiary/aromatic N) is 1. The molecule has 0 radical (unpaired) electrons. The number of ether oxygens (including phenoxy) is 1. The Morgan fingerprint density at radius 1 is 1.40 bits per heavy atom. The summed E-state index contributed by atoms with van der Waals surface area (Å²) in [5.41, 5.74) is 0.476. The number of carbonyl (C=O) groups excluding carboxylic acids is 1. The molecule has 0 saturated carbocycles. The van der Waals surface area contributed by atoms with Crippen LogP contribution >= 0.6 is 0 Å². The molecule has 0 fully saturated rings. The standard InChI is InChI=1S/C14H14N2O4/c1-9(14(18)19)16-13(17)11(8-15)7-10-3-5-12(20-2)6-4-10/h3-7,9H,1-2H3,(H,16,17)(H,18,19)/b11-7+. The number of benzene rings is 1. The van der Waals surface area contributed by atoms with E-state index in [1.165, 1.54) is 20.1 Å². The molecule has 6 heteroatoms. The summed E-state index contributed by atoms with van der Waals surface area (Å²) in [5.74, 6) is -1.23. The van der Waals surface area contributed by atoms with E-state index < -0.39 is 17.9 Å². The van der Waals surface area contributed by atoms with Crippen molar-refractivity contribution in [2.75, 3.05) is 7.11 Å². The molecule has 20 heavy (non-hydrogen) atoms. The van der Waals surface area contributed by atoms with Crippen LogP contribution in [0, 0.1) is 11.3 Å². The number of carbonyl (C=O) groups is 2. The van der Waals surface area contributed by atoms with E-state index in [9.17, 15) is 9.59 Å². The Morgan fingerprint density at radius 2 is 2.00 bits per heavy atom. The third kappa shape index (κ3) is 4.14. The third-order valence-electron chi connectivity index (χ3n) is 2.51. The molecule has 1 amide bonds. The van der Waals surface area contributed by atoms with E-state index in [1.807, 2.05) is 0 Å². The number of nitrogens with one attached hydrogen (secondary N) is 1. The number of carboxylic acid groups (broad SMARTS) is 1. The molecular formula is C14H14N2O4. The van der Waals surface area contributed by atoms with Crippen molar-refractivity contribution in [3.63, 3.8) is 0 Å². The zero-order chi connectivity index (χ0) is 15.1. The lowest BCUT2D eigenvalue weighted by atomic mass is 10.1. The molecule has 1 atom stereocenters. The van der Waals surface area contributed by atoms with Crippen molar-refractivity contribution in [1.82, 2.24) is 5.32 Å². The highest BCUT2D eigenvalue weighted by atomic mass is 16.5. The summed E-state index contributed by atoms with van der Waals surface area (Å²) in [5, 5.41) is 19.9. The molecule has 1 aromatic carbocycles. The minimum Gasteiger partial charge on any atom is -0.497 e. The summed E-state index contributed by atoms with van der Waals surface area (Å²) < 4.78 is 5.00. The molecule has 1 unspecified atom stereocenters. The first-order chi connectivity index (χ1) is 9.47. The highest BCUT2D eigenvalue weighted by Gasteiger charge is 2.16. The number of hydrogen-bond acceptors (Lipinski definition) is 4. The number of aliphatic carboxylic acids is 1. The first-order valence-electron chi connectivity index (χ1n) is 5.77. The minimum atomic E-state index is -1.17. The van der Waals surface area contributed by atoms with Gasteiger partial charge in [0, 0.05) is 0 Å². The predicted molar refractivity (Wildman–Crippen MR) is 71.8 cm³/mol. The van der Waals surface area contributed by atoms with Crippen LogP contribution in [0.25, 0.3) is 6.08 Å². The number of hydrogen-bond donors (Lipinski definition) is 2. The molecule has 0 aliphatic rings. The summed E-state index contributed by atoms with van der Waals surface area (Å²) in [7, 11) is 1.53. The van der Waals surface area contributed by atoms with Crippen molar-refractivity contribution in [3.05, 3.63) is 35.4 Å². The van der Waals surface area contributed by atoms with Crippen LogP contribution in [0.1, 0.15) is 12.5 Å². The molecule has 0 saturated heterocycles. The summed E-state index contributed by atoms with van der Waals surface area (Å²) in [6, 6.07) is 7.44. The monoisotopic (exact) mass is 274 g/mol. The average Bonchev–Trinajstić information content (AvgIpc) is 2.44. The molecular weight excluding hydrogens is 260 g/mol. The predicted octanol–water partition coefficient (Wildman–Crippen LogP) is 1.19. The fourth-order valence-electron chi connectivity index (χ4n) is 1.35. The van der Waals surface area contributed by atoms with Crippen LogP contribution < -0.4 is 10.1 Å². The Hall–Kier alpha value is -2.81. The van der Waals surface area contributed by atoms with Crippen LogP contribution in [0.5, 0.6) is 5.75 Å². The Kier molecular flexibility index (Phi) is 5.30. The molecule has 0 bridgehead atoms. The van der Waals surface area contributed by atoms with Crippen molar-refractivity contribution in [3.8, 4) is 11.8 Å². The number of methoxy groups -OCH3 is 1. The highest BCUT2D eigenvalue weighted by molar-refractivity contribution is 6.03. The molecule has 0 aliphatic heterocycles. The van der Waals surface area contributed by atoms with E-state index in [-0.39, 0.29) is 5.57 Å². The van der Waals surface area contributed by atoms with Gasteiger partial charge in [0.05, 0.1) is 7.11 Å². The largest absolute Gasteiger partial charge is 0.497 e. The van der Waals surface area contributed by atoms with Crippen molar-refractivity contribution >= 4 is 18.0 Å². The van der Waals surface area contributed by atoms with E-state index >= 15 is 0 Å². The van der Waals surface area contributed by atoms with E-state index in [0.29, 0.717) is 11.3 Å². The van der Waals surface area contributed by atoms with Gasteiger partial charge in [0.1, 0.15) is 23.4 Å². The van der Waals surface area contributed by atoms with Gasteiger partial charge < -0.3 is 15.2 Å². The molecule has 1 rings (SSSR count). The molecule has 6 nitrogen and oxygen atoms in total. The SMILES string of the molecule is COc1ccc(/C=C(\C#N)C(=O)NC(C)C(=O)O)cc1. The van der Waals surface area contributed by atoms with E-state index in [0.717, 1.165) is 0 Å². The van der Waals surface area contributed by atoms with Gasteiger partial charge in [-0.05, 0) is 30.7 Å². The second-order valence-electron chi connectivity index (χ2n) is 3.98. The van der Waals surface area contributed by atoms with Gasteiger partial charge in [0.15, 0.2) is 0 Å². The van der Waals surface area contributed by atoms with Crippen molar-refractivity contribution in [2.45, 2.75) is 13.0 Å². The molecule has 1 aromatic rings. The van der Waals surface area contributed by atoms with Crippen LogP contribution in [0.3, 0.4) is 0 Å². The van der Waals surface area contributed by atoms with Gasteiger partial charge in [0.25, 0.3) is 5.91 Å². The summed E-state index contributed by atoms with van der Waals surface area (Å²) in [6.45, 7) is 1.32. The van der Waals surface area contributed by atoms with E-state index in [2.05, 4.69) is 5.32 Å². The molecule has 0 aromatic heterocycles. The number of rotatable bonds is 5. The maximum Gasteiger partial charge on any atom is 0.325 e. The number of carboxylic acids is 1. The van der Waals surface area contributed by atoms with Gasteiger partial charge in [-0.15, -0.1) is 0 Å². The molecule has 0 aliphatic carbocycles. The Bertz CT molecular complexity index is 570. The van der Waals surface area contributed by atoms with Crippen LogP contribution in [0.2, 0.25) is 0 Å². The van der Waals surface area contributed by atoms with E-state index in [1.54, 1.807) is 30.3 Å². The Labute approximate surface area is 116 Å². The van der Waals surface area contributed by atoms with Crippen molar-refractivity contribution < 1.29 is 19.4 Å². The van der Waals surface area contributed by atoms with Gasteiger partial charge >= 0.3 is 5.97 Å². The maximum absolute atomic E-state index is 11.7. The van der Waals surface area contributed by atoms with Gasteiger partial charge in [-0.25, -0.2) is 0 Å². The highest BCUT2D eigenvalue weighted by Crippen LogP contribution is 2.14. The Balaban J connectivity index is 2.88. The van der Waals surface area contributed by atoms with Gasteiger partial charge in [-0.2, -0.15) is 5.26 Å². The van der Waals surface area contributed by atoms with Crippen molar-refractivity contribution in [1.29, 1.82) is 5.26 Å². The normalized spacial score (nSPS) is 12.2. The fourth-order valence-corrected chi connectivity index (χ4v) is 1.35. The summed E-state index contributed by atoms with van der Waals surface area (Å²) in [4.78, 5) is 22.4. The minimum absolute atomic E-state index is 0.164. The average molecular weight is 274 g/mol. The lowest BCUT2D eigenvalue weighted by Crippen LogP contribution is -2.38. The fraction of sp³-hybridized carbons (Fsp3) is 0.214.